The van der Waals surface area contributed by atoms with Crippen molar-refractivity contribution in [3.63, 3.8) is 0 Å². The summed E-state index contributed by atoms with van der Waals surface area (Å²) in [6.45, 7) is 3.87. The fourth-order valence-electron chi connectivity index (χ4n) is 2.78. The largest absolute Gasteiger partial charge is 0.463 e. The lowest BCUT2D eigenvalue weighted by Crippen LogP contribution is -2.35. The molecule has 1 aromatic heterocycles. The van der Waals surface area contributed by atoms with Crippen LogP contribution >= 0.6 is 0 Å². The van der Waals surface area contributed by atoms with Crippen LogP contribution in [0.3, 0.4) is 0 Å². The SMILES string of the molecule is CCOC(=O)C(Cn1cccn1)OC(=O)Nc1c(C)ccc2ccccc12. The number of fused-ring (bicyclic) bond motifs is 1. The number of nitrogens with zero attached hydrogens (tertiary/aromatic N) is 2. The molecule has 1 atom stereocenters. The van der Waals surface area contributed by atoms with Gasteiger partial charge in [-0.05, 0) is 30.9 Å². The van der Waals surface area contributed by atoms with E-state index in [2.05, 4.69) is 10.4 Å². The molecule has 1 N–H and O–H groups in total. The van der Waals surface area contributed by atoms with Crippen molar-refractivity contribution in [3.05, 3.63) is 60.4 Å². The van der Waals surface area contributed by atoms with E-state index in [0.717, 1.165) is 16.3 Å². The highest BCUT2D eigenvalue weighted by Crippen LogP contribution is 2.27. The third-order valence-electron chi connectivity index (χ3n) is 4.08. The highest BCUT2D eigenvalue weighted by Gasteiger charge is 2.25. The van der Waals surface area contributed by atoms with Gasteiger partial charge >= 0.3 is 12.1 Å². The van der Waals surface area contributed by atoms with Gasteiger partial charge in [-0.15, -0.1) is 0 Å². The Kier molecular flexibility index (Phi) is 5.71. The third-order valence-corrected chi connectivity index (χ3v) is 4.08. The number of aryl methyl sites for hydroxylation is 1. The zero-order valence-corrected chi connectivity index (χ0v) is 15.2. The first kappa shape index (κ1) is 18.4. The number of benzene rings is 2. The summed E-state index contributed by atoms with van der Waals surface area (Å²) in [5.74, 6) is -0.613. The minimum atomic E-state index is -1.10. The molecule has 140 valence electrons. The lowest BCUT2D eigenvalue weighted by atomic mass is 10.0. The second-order valence-electron chi connectivity index (χ2n) is 5.98. The maximum Gasteiger partial charge on any atom is 0.412 e. The second kappa shape index (κ2) is 8.35. The zero-order valence-electron chi connectivity index (χ0n) is 15.2. The number of ether oxygens (including phenoxy) is 2. The Bertz CT molecular complexity index is 938. The summed E-state index contributed by atoms with van der Waals surface area (Å²) >= 11 is 0. The third kappa shape index (κ3) is 4.44. The van der Waals surface area contributed by atoms with Crippen LogP contribution in [0.2, 0.25) is 0 Å². The molecule has 0 spiro atoms. The maximum atomic E-state index is 12.5. The van der Waals surface area contributed by atoms with E-state index in [1.165, 1.54) is 4.68 Å². The minimum Gasteiger partial charge on any atom is -0.463 e. The monoisotopic (exact) mass is 367 g/mol. The van der Waals surface area contributed by atoms with Gasteiger partial charge in [0.2, 0.25) is 6.10 Å². The molecule has 7 heteroatoms. The molecule has 0 saturated carbocycles. The van der Waals surface area contributed by atoms with E-state index in [1.54, 1.807) is 25.4 Å². The topological polar surface area (TPSA) is 82.5 Å². The molecular weight excluding hydrogens is 346 g/mol. The van der Waals surface area contributed by atoms with E-state index in [4.69, 9.17) is 9.47 Å². The predicted octanol–water partition coefficient (Wildman–Crippen LogP) is 3.53. The van der Waals surface area contributed by atoms with Gasteiger partial charge in [-0.25, -0.2) is 9.59 Å². The maximum absolute atomic E-state index is 12.5. The molecule has 0 radical (unpaired) electrons. The molecule has 2 aromatic carbocycles. The van der Waals surface area contributed by atoms with E-state index in [1.807, 2.05) is 43.3 Å². The van der Waals surface area contributed by atoms with Crippen LogP contribution in [0, 0.1) is 6.92 Å². The van der Waals surface area contributed by atoms with Crippen molar-refractivity contribution in [2.45, 2.75) is 26.5 Å². The zero-order chi connectivity index (χ0) is 19.2. The smallest absolute Gasteiger partial charge is 0.412 e. The first-order chi connectivity index (χ1) is 13.1. The van der Waals surface area contributed by atoms with Crippen molar-refractivity contribution in [1.29, 1.82) is 0 Å². The van der Waals surface area contributed by atoms with Crippen LogP contribution in [0.25, 0.3) is 10.8 Å². The molecular formula is C20H21N3O4. The number of aromatic nitrogens is 2. The highest BCUT2D eigenvalue weighted by atomic mass is 16.6. The summed E-state index contributed by atoms with van der Waals surface area (Å²) in [4.78, 5) is 24.7. The Balaban J connectivity index is 1.78. The normalized spacial score (nSPS) is 11.8. The van der Waals surface area contributed by atoms with Crippen molar-refractivity contribution in [2.24, 2.45) is 0 Å². The summed E-state index contributed by atoms with van der Waals surface area (Å²) in [6.07, 6.45) is 1.45. The number of hydrogen-bond donors (Lipinski definition) is 1. The average Bonchev–Trinajstić information content (AvgIpc) is 3.17. The van der Waals surface area contributed by atoms with E-state index in [-0.39, 0.29) is 13.2 Å². The van der Waals surface area contributed by atoms with Crippen molar-refractivity contribution >= 4 is 28.5 Å². The van der Waals surface area contributed by atoms with Crippen LogP contribution < -0.4 is 5.32 Å². The number of rotatable bonds is 6. The van der Waals surface area contributed by atoms with Crippen molar-refractivity contribution in [3.8, 4) is 0 Å². The molecule has 0 fully saturated rings. The van der Waals surface area contributed by atoms with Crippen LogP contribution in [0.15, 0.2) is 54.9 Å². The average molecular weight is 367 g/mol. The number of carbonyl (C=O) groups is 2. The lowest BCUT2D eigenvalue weighted by molar-refractivity contribution is -0.153. The first-order valence-corrected chi connectivity index (χ1v) is 8.68. The molecule has 27 heavy (non-hydrogen) atoms. The van der Waals surface area contributed by atoms with Gasteiger partial charge in [0.05, 0.1) is 18.8 Å². The number of carbonyl (C=O) groups excluding carboxylic acids is 2. The molecule has 0 bridgehead atoms. The minimum absolute atomic E-state index is 0.0772. The van der Waals surface area contributed by atoms with Crippen LogP contribution in [-0.4, -0.2) is 34.6 Å². The Morgan fingerprint density at radius 3 is 2.74 bits per heavy atom. The summed E-state index contributed by atoms with van der Waals surface area (Å²) in [5, 5.41) is 8.70. The van der Waals surface area contributed by atoms with Crippen LogP contribution in [-0.2, 0) is 20.8 Å². The molecule has 1 amide bonds. The highest BCUT2D eigenvalue weighted by molar-refractivity contribution is 6.01. The standard InChI is InChI=1S/C20H21N3O4/c1-3-26-19(24)17(13-23-12-6-11-21-23)27-20(25)22-18-14(2)9-10-15-7-4-5-8-16(15)18/h4-12,17H,3,13H2,1-2H3,(H,22,25). The van der Waals surface area contributed by atoms with Gasteiger partial charge < -0.3 is 9.47 Å². The fraction of sp³-hybridized carbons (Fsp3) is 0.250. The van der Waals surface area contributed by atoms with Gasteiger partial charge in [-0.2, -0.15) is 5.10 Å². The lowest BCUT2D eigenvalue weighted by Gasteiger charge is -2.18. The molecule has 0 saturated heterocycles. The molecule has 0 aliphatic heterocycles. The fourth-order valence-corrected chi connectivity index (χ4v) is 2.78. The van der Waals surface area contributed by atoms with Gasteiger partial charge in [0.15, 0.2) is 0 Å². The van der Waals surface area contributed by atoms with Gasteiger partial charge in [-0.3, -0.25) is 10.00 Å². The second-order valence-corrected chi connectivity index (χ2v) is 5.98. The Hall–Kier alpha value is -3.35. The summed E-state index contributed by atoms with van der Waals surface area (Å²) in [6, 6.07) is 13.3. The predicted molar refractivity (Wildman–Crippen MR) is 101 cm³/mol. The Labute approximate surface area is 156 Å². The van der Waals surface area contributed by atoms with Crippen molar-refractivity contribution in [2.75, 3.05) is 11.9 Å². The molecule has 0 aliphatic rings. The number of esters is 1. The number of hydrogen-bond acceptors (Lipinski definition) is 5. The molecule has 3 aromatic rings. The number of amides is 1. The van der Waals surface area contributed by atoms with Crippen LogP contribution in [0.1, 0.15) is 12.5 Å². The van der Waals surface area contributed by atoms with Crippen LogP contribution in [0.4, 0.5) is 10.5 Å². The van der Waals surface area contributed by atoms with Crippen LogP contribution in [0.5, 0.6) is 0 Å². The van der Waals surface area contributed by atoms with Gasteiger partial charge in [-0.1, -0.05) is 36.4 Å². The van der Waals surface area contributed by atoms with E-state index < -0.39 is 18.2 Å². The van der Waals surface area contributed by atoms with Crippen molar-refractivity contribution < 1.29 is 19.1 Å². The number of anilines is 1. The molecule has 0 aliphatic carbocycles. The van der Waals surface area contributed by atoms with Gasteiger partial charge in [0.1, 0.15) is 0 Å². The van der Waals surface area contributed by atoms with E-state index in [9.17, 15) is 9.59 Å². The molecule has 1 unspecified atom stereocenters. The Morgan fingerprint density at radius 1 is 1.19 bits per heavy atom. The molecule has 1 heterocycles. The Morgan fingerprint density at radius 2 is 2.00 bits per heavy atom. The van der Waals surface area contributed by atoms with E-state index >= 15 is 0 Å². The van der Waals surface area contributed by atoms with E-state index in [0.29, 0.717) is 5.69 Å². The van der Waals surface area contributed by atoms with Gasteiger partial charge in [0.25, 0.3) is 0 Å². The summed E-state index contributed by atoms with van der Waals surface area (Å²) in [7, 11) is 0. The first-order valence-electron chi connectivity index (χ1n) is 8.68. The molecule has 7 nitrogen and oxygen atoms in total. The number of nitrogens with one attached hydrogen (secondary N) is 1. The molecule has 3 rings (SSSR count). The van der Waals surface area contributed by atoms with Crippen molar-refractivity contribution in [1.82, 2.24) is 9.78 Å². The quantitative estimate of drug-likeness (QED) is 0.674. The van der Waals surface area contributed by atoms with Gasteiger partial charge in [0, 0.05) is 17.8 Å². The summed E-state index contributed by atoms with van der Waals surface area (Å²) in [5.41, 5.74) is 1.55. The summed E-state index contributed by atoms with van der Waals surface area (Å²) < 4.78 is 11.9.